The number of aliphatic hydroxyl groups is 1. The lowest BCUT2D eigenvalue weighted by atomic mass is 10.1. The summed E-state index contributed by atoms with van der Waals surface area (Å²) in [7, 11) is 0. The second-order valence-electron chi connectivity index (χ2n) is 6.72. The third-order valence-corrected chi connectivity index (χ3v) is 4.08. The van der Waals surface area contributed by atoms with Crippen LogP contribution in [0.25, 0.3) is 0 Å². The van der Waals surface area contributed by atoms with Crippen molar-refractivity contribution in [1.82, 2.24) is 0 Å². The predicted molar refractivity (Wildman–Crippen MR) is 108 cm³/mol. The Morgan fingerprint density at radius 3 is 2.15 bits per heavy atom. The molecule has 0 saturated heterocycles. The second-order valence-corrected chi connectivity index (χ2v) is 6.72. The molecule has 0 aromatic carbocycles. The number of esters is 1. The zero-order chi connectivity index (χ0) is 19.3. The van der Waals surface area contributed by atoms with E-state index in [-0.39, 0.29) is 19.2 Å². The SMILES string of the molecule is CCCC/C=C\C/C=C\CCCCCCCCOCC(CO)OC(C)=O. The number of hydrogen-bond acceptors (Lipinski definition) is 4. The number of aliphatic hydroxyl groups excluding tert-OH is 1. The van der Waals surface area contributed by atoms with Gasteiger partial charge in [0.15, 0.2) is 0 Å². The maximum atomic E-state index is 10.8. The summed E-state index contributed by atoms with van der Waals surface area (Å²) in [6.07, 6.45) is 21.9. The van der Waals surface area contributed by atoms with Crippen LogP contribution in [0.15, 0.2) is 24.3 Å². The van der Waals surface area contributed by atoms with Crippen LogP contribution in [-0.4, -0.2) is 37.0 Å². The zero-order valence-corrected chi connectivity index (χ0v) is 17.0. The van der Waals surface area contributed by atoms with Crippen LogP contribution < -0.4 is 0 Å². The van der Waals surface area contributed by atoms with Crippen LogP contribution in [0, 0.1) is 0 Å². The van der Waals surface area contributed by atoms with Crippen LogP contribution in [0.3, 0.4) is 0 Å². The first-order chi connectivity index (χ1) is 12.7. The van der Waals surface area contributed by atoms with E-state index in [0.717, 1.165) is 19.3 Å². The van der Waals surface area contributed by atoms with Crippen LogP contribution in [-0.2, 0) is 14.3 Å². The molecule has 0 saturated carbocycles. The van der Waals surface area contributed by atoms with Crippen LogP contribution in [0.4, 0.5) is 0 Å². The molecule has 0 rings (SSSR count). The van der Waals surface area contributed by atoms with Gasteiger partial charge in [0.1, 0.15) is 6.10 Å². The molecule has 26 heavy (non-hydrogen) atoms. The maximum Gasteiger partial charge on any atom is 0.303 e. The molecule has 0 radical (unpaired) electrons. The Bertz CT molecular complexity index is 363. The number of rotatable bonds is 18. The van der Waals surface area contributed by atoms with E-state index in [1.165, 1.54) is 58.3 Å². The van der Waals surface area contributed by atoms with Gasteiger partial charge < -0.3 is 14.6 Å². The van der Waals surface area contributed by atoms with Gasteiger partial charge in [-0.15, -0.1) is 0 Å². The molecule has 0 aliphatic carbocycles. The molecule has 4 nitrogen and oxygen atoms in total. The normalized spacial score (nSPS) is 12.9. The number of carbonyl (C=O) groups is 1. The minimum Gasteiger partial charge on any atom is -0.458 e. The molecule has 1 atom stereocenters. The van der Waals surface area contributed by atoms with E-state index < -0.39 is 6.10 Å². The van der Waals surface area contributed by atoms with Gasteiger partial charge in [0.05, 0.1) is 13.2 Å². The van der Waals surface area contributed by atoms with E-state index in [0.29, 0.717) is 6.61 Å². The van der Waals surface area contributed by atoms with Gasteiger partial charge in [-0.05, 0) is 32.1 Å². The number of unbranched alkanes of at least 4 members (excludes halogenated alkanes) is 8. The molecule has 1 N–H and O–H groups in total. The lowest BCUT2D eigenvalue weighted by molar-refractivity contribution is -0.152. The molecule has 0 aromatic heterocycles. The highest BCUT2D eigenvalue weighted by Gasteiger charge is 2.10. The second kappa shape index (κ2) is 20.2. The van der Waals surface area contributed by atoms with E-state index in [1.54, 1.807) is 0 Å². The molecule has 0 heterocycles. The number of allylic oxidation sites excluding steroid dienone is 4. The average Bonchev–Trinajstić information content (AvgIpc) is 2.63. The molecule has 0 amide bonds. The lowest BCUT2D eigenvalue weighted by Gasteiger charge is -2.14. The summed E-state index contributed by atoms with van der Waals surface area (Å²) >= 11 is 0. The largest absolute Gasteiger partial charge is 0.458 e. The molecular formula is C22H40O4. The van der Waals surface area contributed by atoms with Crippen molar-refractivity contribution in [2.24, 2.45) is 0 Å². The van der Waals surface area contributed by atoms with Gasteiger partial charge in [-0.3, -0.25) is 4.79 Å². The van der Waals surface area contributed by atoms with Crippen LogP contribution in [0.5, 0.6) is 0 Å². The average molecular weight is 369 g/mol. The van der Waals surface area contributed by atoms with Crippen LogP contribution >= 0.6 is 0 Å². The molecule has 0 fully saturated rings. The summed E-state index contributed by atoms with van der Waals surface area (Å²) < 4.78 is 10.4. The van der Waals surface area contributed by atoms with Gasteiger partial charge in [0.2, 0.25) is 0 Å². The predicted octanol–water partition coefficient (Wildman–Crippen LogP) is 5.35. The number of carbonyl (C=O) groups excluding carboxylic acids is 1. The Morgan fingerprint density at radius 1 is 0.923 bits per heavy atom. The Hall–Kier alpha value is -1.13. The lowest BCUT2D eigenvalue weighted by Crippen LogP contribution is -2.26. The monoisotopic (exact) mass is 368 g/mol. The fourth-order valence-electron chi connectivity index (χ4n) is 2.58. The van der Waals surface area contributed by atoms with E-state index in [9.17, 15) is 4.79 Å². The van der Waals surface area contributed by atoms with Crippen molar-refractivity contribution in [3.8, 4) is 0 Å². The molecular weight excluding hydrogens is 328 g/mol. The van der Waals surface area contributed by atoms with Gasteiger partial charge >= 0.3 is 5.97 Å². The highest BCUT2D eigenvalue weighted by Crippen LogP contribution is 2.08. The van der Waals surface area contributed by atoms with Gasteiger partial charge in [0.25, 0.3) is 0 Å². The zero-order valence-electron chi connectivity index (χ0n) is 17.0. The van der Waals surface area contributed by atoms with Crippen LogP contribution in [0.1, 0.15) is 84.5 Å². The molecule has 0 aliphatic heterocycles. The summed E-state index contributed by atoms with van der Waals surface area (Å²) in [4.78, 5) is 10.8. The standard InChI is InChI=1S/C22H40O4/c1-3-4-5-6-7-8-9-10-11-12-13-14-15-16-17-18-25-20-22(19-23)26-21(2)24/h6-7,9-10,22-23H,3-5,8,11-20H2,1-2H3/b7-6-,10-9-. The maximum absolute atomic E-state index is 10.8. The Balaban J connectivity index is 3.28. The highest BCUT2D eigenvalue weighted by atomic mass is 16.6. The topological polar surface area (TPSA) is 55.8 Å². The van der Waals surface area contributed by atoms with Crippen molar-refractivity contribution >= 4 is 5.97 Å². The van der Waals surface area contributed by atoms with Crippen molar-refractivity contribution in [1.29, 1.82) is 0 Å². The summed E-state index contributed by atoms with van der Waals surface area (Å²) in [6, 6.07) is 0. The van der Waals surface area contributed by atoms with Gasteiger partial charge in [-0.1, -0.05) is 69.8 Å². The van der Waals surface area contributed by atoms with Gasteiger partial charge in [0, 0.05) is 13.5 Å². The number of ether oxygens (including phenoxy) is 2. The minimum atomic E-state index is -0.535. The van der Waals surface area contributed by atoms with Gasteiger partial charge in [-0.2, -0.15) is 0 Å². The quantitative estimate of drug-likeness (QED) is 0.201. The molecule has 0 bridgehead atoms. The molecule has 0 aliphatic rings. The summed E-state index contributed by atoms with van der Waals surface area (Å²) in [5, 5.41) is 9.04. The van der Waals surface area contributed by atoms with E-state index >= 15 is 0 Å². The first-order valence-electron chi connectivity index (χ1n) is 10.4. The fourth-order valence-corrected chi connectivity index (χ4v) is 2.58. The van der Waals surface area contributed by atoms with Gasteiger partial charge in [-0.25, -0.2) is 0 Å². The summed E-state index contributed by atoms with van der Waals surface area (Å²) in [6.45, 7) is 4.30. The first-order valence-corrected chi connectivity index (χ1v) is 10.4. The fraction of sp³-hybridized carbons (Fsp3) is 0.773. The van der Waals surface area contributed by atoms with E-state index in [1.807, 2.05) is 0 Å². The summed E-state index contributed by atoms with van der Waals surface area (Å²) in [5.41, 5.74) is 0. The Labute approximate surface area is 160 Å². The third kappa shape index (κ3) is 19.2. The third-order valence-electron chi connectivity index (χ3n) is 4.08. The molecule has 152 valence electrons. The first kappa shape index (κ1) is 24.9. The van der Waals surface area contributed by atoms with Crippen molar-refractivity contribution in [3.05, 3.63) is 24.3 Å². The highest BCUT2D eigenvalue weighted by molar-refractivity contribution is 5.66. The Kier molecular flexibility index (Phi) is 19.3. The molecule has 4 heteroatoms. The smallest absolute Gasteiger partial charge is 0.303 e. The van der Waals surface area contributed by atoms with Crippen LogP contribution in [0.2, 0.25) is 0 Å². The van der Waals surface area contributed by atoms with Crippen molar-refractivity contribution in [2.45, 2.75) is 90.6 Å². The Morgan fingerprint density at radius 2 is 1.54 bits per heavy atom. The molecule has 0 spiro atoms. The van der Waals surface area contributed by atoms with Crippen molar-refractivity contribution in [3.63, 3.8) is 0 Å². The van der Waals surface area contributed by atoms with E-state index in [2.05, 4.69) is 31.2 Å². The van der Waals surface area contributed by atoms with Crippen molar-refractivity contribution in [2.75, 3.05) is 19.8 Å². The van der Waals surface area contributed by atoms with Crippen molar-refractivity contribution < 1.29 is 19.4 Å². The minimum absolute atomic E-state index is 0.191. The molecule has 1 unspecified atom stereocenters. The van der Waals surface area contributed by atoms with E-state index in [4.69, 9.17) is 14.6 Å². The number of hydrogen-bond donors (Lipinski definition) is 1. The molecule has 0 aromatic rings. The summed E-state index contributed by atoms with van der Waals surface area (Å²) in [5.74, 6) is -0.383.